The highest BCUT2D eigenvalue weighted by Crippen LogP contribution is 2.31. The number of fused-ring (bicyclic) bond motifs is 1. The highest BCUT2D eigenvalue weighted by Gasteiger charge is 2.36. The number of aryl methyl sites for hydroxylation is 1. The Bertz CT molecular complexity index is 1290. The van der Waals surface area contributed by atoms with Gasteiger partial charge in [-0.05, 0) is 52.6 Å². The number of amides is 1. The Kier molecular flexibility index (Phi) is 6.23. The molecular weight excluding hydrogens is 451 g/mol. The summed E-state index contributed by atoms with van der Waals surface area (Å²) in [5.74, 6) is 0.174. The second kappa shape index (κ2) is 9.48. The van der Waals surface area contributed by atoms with Crippen molar-refractivity contribution in [3.63, 3.8) is 0 Å². The normalized spacial score (nSPS) is 20.3. The van der Waals surface area contributed by atoms with E-state index in [9.17, 15) is 14.4 Å². The molecule has 10 nitrogen and oxygen atoms in total. The van der Waals surface area contributed by atoms with Crippen molar-refractivity contribution < 1.29 is 13.9 Å². The second-order valence-electron chi connectivity index (χ2n) is 8.97. The van der Waals surface area contributed by atoms with Crippen LogP contribution in [0.5, 0.6) is 0 Å². The number of pyridine rings is 1. The first kappa shape index (κ1) is 23.0. The molecule has 2 aliphatic rings. The van der Waals surface area contributed by atoms with Crippen LogP contribution in [-0.2, 0) is 16.0 Å². The van der Waals surface area contributed by atoms with Gasteiger partial charge in [-0.15, -0.1) is 5.10 Å². The number of benzene rings is 1. The van der Waals surface area contributed by atoms with Gasteiger partial charge in [0.25, 0.3) is 0 Å². The summed E-state index contributed by atoms with van der Waals surface area (Å²) in [6, 6.07) is 7.02. The quantitative estimate of drug-likeness (QED) is 0.557. The van der Waals surface area contributed by atoms with E-state index in [-0.39, 0.29) is 30.0 Å². The number of tetrazole rings is 1. The van der Waals surface area contributed by atoms with Crippen LogP contribution in [0.3, 0.4) is 0 Å². The van der Waals surface area contributed by atoms with E-state index >= 15 is 0 Å². The summed E-state index contributed by atoms with van der Waals surface area (Å²) < 4.78 is 21.5. The fraction of sp³-hybridized carbons (Fsp3) is 0.417. The van der Waals surface area contributed by atoms with Crippen LogP contribution in [0.1, 0.15) is 33.9 Å². The van der Waals surface area contributed by atoms with Gasteiger partial charge < -0.3 is 9.64 Å². The van der Waals surface area contributed by atoms with Crippen molar-refractivity contribution >= 4 is 5.91 Å². The molecule has 4 heterocycles. The van der Waals surface area contributed by atoms with Crippen LogP contribution in [0, 0.1) is 31.0 Å². The zero-order valence-corrected chi connectivity index (χ0v) is 19.6. The van der Waals surface area contributed by atoms with Crippen LogP contribution in [0.15, 0.2) is 30.7 Å². The molecule has 2 saturated heterocycles. The van der Waals surface area contributed by atoms with E-state index in [0.717, 1.165) is 23.2 Å². The van der Waals surface area contributed by atoms with Crippen LogP contribution < -0.4 is 0 Å². The predicted octanol–water partition coefficient (Wildman–Crippen LogP) is 1.51. The molecule has 0 radical (unpaired) electrons. The van der Waals surface area contributed by atoms with E-state index in [0.29, 0.717) is 37.6 Å². The molecule has 3 aromatic rings. The Balaban J connectivity index is 1.21. The summed E-state index contributed by atoms with van der Waals surface area (Å²) in [6.07, 6.45) is 3.21. The number of hydrogen-bond acceptors (Lipinski definition) is 8. The lowest BCUT2D eigenvalue weighted by atomic mass is 9.96. The summed E-state index contributed by atoms with van der Waals surface area (Å²) in [7, 11) is 0. The number of aromatic nitrogens is 5. The number of ether oxygens (including phenoxy) is 1. The summed E-state index contributed by atoms with van der Waals surface area (Å²) in [5, 5.41) is 20.4. The summed E-state index contributed by atoms with van der Waals surface area (Å²) in [5.41, 5.74) is 3.26. The van der Waals surface area contributed by atoms with Crippen LogP contribution in [0.25, 0.3) is 5.82 Å². The molecule has 11 heteroatoms. The first-order valence-electron chi connectivity index (χ1n) is 11.5. The molecule has 0 unspecified atom stereocenters. The molecular formula is C24H25FN8O2. The molecule has 0 spiro atoms. The lowest BCUT2D eigenvalue weighted by molar-refractivity contribution is -0.139. The predicted molar refractivity (Wildman–Crippen MR) is 122 cm³/mol. The number of rotatable bonds is 4. The monoisotopic (exact) mass is 476 g/mol. The highest BCUT2D eigenvalue weighted by atomic mass is 19.1. The molecule has 180 valence electrons. The number of carbonyl (C=O) groups excluding carboxylic acids is 1. The molecule has 1 amide bonds. The lowest BCUT2D eigenvalue weighted by Gasteiger charge is -2.46. The van der Waals surface area contributed by atoms with E-state index in [1.54, 1.807) is 19.2 Å². The zero-order valence-electron chi connectivity index (χ0n) is 19.6. The van der Waals surface area contributed by atoms with Gasteiger partial charge in [-0.2, -0.15) is 9.94 Å². The highest BCUT2D eigenvalue weighted by molar-refractivity contribution is 5.79. The number of hydrogen-bond donors (Lipinski definition) is 0. The summed E-state index contributed by atoms with van der Waals surface area (Å²) in [4.78, 5) is 21.7. The molecule has 0 saturated carbocycles. The maximum absolute atomic E-state index is 13.9. The van der Waals surface area contributed by atoms with Crippen LogP contribution in [-0.4, -0.2) is 79.7 Å². The number of halogens is 1. The first-order valence-corrected chi connectivity index (χ1v) is 11.5. The van der Waals surface area contributed by atoms with E-state index in [1.165, 1.54) is 17.1 Å². The molecule has 0 N–H and O–H groups in total. The van der Waals surface area contributed by atoms with Gasteiger partial charge in [0.05, 0.1) is 30.7 Å². The third-order valence-corrected chi connectivity index (χ3v) is 6.79. The van der Waals surface area contributed by atoms with Gasteiger partial charge in [0.2, 0.25) is 5.91 Å². The number of morpholine rings is 1. The first-order chi connectivity index (χ1) is 16.9. The molecule has 2 aromatic heterocycles. The van der Waals surface area contributed by atoms with Crippen molar-refractivity contribution in [1.82, 2.24) is 35.0 Å². The molecule has 0 bridgehead atoms. The fourth-order valence-corrected chi connectivity index (χ4v) is 4.89. The van der Waals surface area contributed by atoms with Crippen LogP contribution in [0.2, 0.25) is 0 Å². The average Bonchev–Trinajstić information content (AvgIpc) is 3.38. The minimum Gasteiger partial charge on any atom is -0.370 e. The standard InChI is InChI=1S/C24H25FN8O2/c1-15-7-17(10-27-24(15)33-14-28-29-30-33)8-23(34)32-6-5-31-12-22(35-13-18(31)11-32)19-3-4-21(25)20(9-26)16(19)2/h3-4,7,10,14,18,22H,5-6,8,11-13H2,1-2H3/t18-,22-/m1/s1. The third-order valence-electron chi connectivity index (χ3n) is 6.79. The van der Waals surface area contributed by atoms with Gasteiger partial charge in [-0.3, -0.25) is 9.69 Å². The van der Waals surface area contributed by atoms with Gasteiger partial charge in [0.1, 0.15) is 18.2 Å². The van der Waals surface area contributed by atoms with Crippen LogP contribution >= 0.6 is 0 Å². The van der Waals surface area contributed by atoms with Crippen molar-refractivity contribution in [2.75, 3.05) is 32.8 Å². The maximum atomic E-state index is 13.9. The minimum absolute atomic E-state index is 0.0520. The summed E-state index contributed by atoms with van der Waals surface area (Å²) >= 11 is 0. The number of nitriles is 1. The Morgan fingerprint density at radius 3 is 2.89 bits per heavy atom. The number of carbonyl (C=O) groups is 1. The Morgan fingerprint density at radius 2 is 2.14 bits per heavy atom. The topological polar surface area (TPSA) is 113 Å². The smallest absolute Gasteiger partial charge is 0.227 e. The lowest BCUT2D eigenvalue weighted by Crippen LogP contribution is -2.59. The average molecular weight is 477 g/mol. The molecule has 2 atom stereocenters. The van der Waals surface area contributed by atoms with Crippen molar-refractivity contribution in [3.8, 4) is 11.9 Å². The molecule has 35 heavy (non-hydrogen) atoms. The summed E-state index contributed by atoms with van der Waals surface area (Å²) in [6.45, 7) is 6.73. The SMILES string of the molecule is Cc1cc(CC(=O)N2CCN3C[C@H](c4ccc(F)c(C#N)c4C)OC[C@H]3C2)cnc1-n1cnnn1. The van der Waals surface area contributed by atoms with Gasteiger partial charge in [0, 0.05) is 32.4 Å². The van der Waals surface area contributed by atoms with E-state index in [1.807, 2.05) is 24.0 Å². The fourth-order valence-electron chi connectivity index (χ4n) is 4.89. The van der Waals surface area contributed by atoms with Gasteiger partial charge >= 0.3 is 0 Å². The van der Waals surface area contributed by atoms with Crippen LogP contribution in [0.4, 0.5) is 4.39 Å². The molecule has 5 rings (SSSR count). The molecule has 2 fully saturated rings. The van der Waals surface area contributed by atoms with Crippen molar-refractivity contribution in [2.45, 2.75) is 32.4 Å². The maximum Gasteiger partial charge on any atom is 0.227 e. The Labute approximate surface area is 201 Å². The van der Waals surface area contributed by atoms with Crippen molar-refractivity contribution in [1.29, 1.82) is 5.26 Å². The largest absolute Gasteiger partial charge is 0.370 e. The molecule has 1 aromatic carbocycles. The van der Waals surface area contributed by atoms with Gasteiger partial charge in [-0.25, -0.2) is 9.37 Å². The van der Waals surface area contributed by atoms with E-state index in [4.69, 9.17) is 4.74 Å². The molecule has 0 aliphatic carbocycles. The van der Waals surface area contributed by atoms with Crippen molar-refractivity contribution in [2.24, 2.45) is 0 Å². The third kappa shape index (κ3) is 4.50. The second-order valence-corrected chi connectivity index (χ2v) is 8.97. The van der Waals surface area contributed by atoms with E-state index < -0.39 is 5.82 Å². The Morgan fingerprint density at radius 1 is 1.29 bits per heavy atom. The molecule has 2 aliphatic heterocycles. The minimum atomic E-state index is -0.509. The zero-order chi connectivity index (χ0) is 24.5. The van der Waals surface area contributed by atoms with E-state index in [2.05, 4.69) is 25.4 Å². The van der Waals surface area contributed by atoms with Gasteiger partial charge in [-0.1, -0.05) is 12.1 Å². The Hall–Kier alpha value is -3.75. The number of nitrogens with zero attached hydrogens (tertiary/aromatic N) is 8. The van der Waals surface area contributed by atoms with Crippen molar-refractivity contribution in [3.05, 3.63) is 64.4 Å². The number of piperazine rings is 1. The van der Waals surface area contributed by atoms with Gasteiger partial charge in [0.15, 0.2) is 5.82 Å².